The van der Waals surface area contributed by atoms with Gasteiger partial charge in [0.15, 0.2) is 6.20 Å². The summed E-state index contributed by atoms with van der Waals surface area (Å²) in [5.74, 6) is 2.68. The molecule has 0 bridgehead atoms. The smallest absolute Gasteiger partial charge is 0.228 e. The van der Waals surface area contributed by atoms with Crippen molar-refractivity contribution in [2.45, 2.75) is 59.3 Å². The summed E-state index contributed by atoms with van der Waals surface area (Å²) in [6.45, 7) is 9.27. The Balaban J connectivity index is 1.60. The van der Waals surface area contributed by atoms with Crippen LogP contribution in [0.5, 0.6) is 11.5 Å². The van der Waals surface area contributed by atoms with Crippen LogP contribution in [0.2, 0.25) is 0 Å². The fraction of sp³-hybridized carbons (Fsp3) is 0.367. The number of rotatable bonds is 1. The van der Waals surface area contributed by atoms with E-state index in [1.165, 1.54) is 75.2 Å². The number of hydrogen-bond acceptors (Lipinski definition) is 1. The lowest BCUT2D eigenvalue weighted by Gasteiger charge is -2.35. The van der Waals surface area contributed by atoms with Crippen molar-refractivity contribution in [2.24, 2.45) is 12.5 Å². The van der Waals surface area contributed by atoms with Gasteiger partial charge in [0.2, 0.25) is 5.69 Å². The van der Waals surface area contributed by atoms with Crippen LogP contribution in [0, 0.1) is 19.3 Å². The highest BCUT2D eigenvalue weighted by molar-refractivity contribution is 6.06. The van der Waals surface area contributed by atoms with Crippen LogP contribution in [0.15, 0.2) is 48.7 Å². The van der Waals surface area contributed by atoms with Crippen LogP contribution in [0.3, 0.4) is 0 Å². The summed E-state index contributed by atoms with van der Waals surface area (Å²) in [6, 6.07) is 15.8. The monoisotopic (exact) mass is 422 g/mol. The van der Waals surface area contributed by atoms with Gasteiger partial charge in [-0.05, 0) is 84.2 Å². The molecule has 1 aliphatic heterocycles. The molecule has 2 heterocycles. The van der Waals surface area contributed by atoms with Crippen LogP contribution in [0.1, 0.15) is 62.1 Å². The van der Waals surface area contributed by atoms with E-state index < -0.39 is 0 Å². The summed E-state index contributed by atoms with van der Waals surface area (Å²) >= 11 is 0. The Morgan fingerprint density at radius 1 is 0.938 bits per heavy atom. The van der Waals surface area contributed by atoms with Gasteiger partial charge in [-0.25, -0.2) is 4.57 Å². The molecule has 1 fully saturated rings. The molecular formula is C30H32NO+. The zero-order chi connectivity index (χ0) is 22.2. The van der Waals surface area contributed by atoms with Crippen molar-refractivity contribution in [3.63, 3.8) is 0 Å². The van der Waals surface area contributed by atoms with Gasteiger partial charge in [0.25, 0.3) is 0 Å². The van der Waals surface area contributed by atoms with Crippen molar-refractivity contribution in [3.05, 3.63) is 65.4 Å². The molecule has 1 aliphatic carbocycles. The second-order valence-corrected chi connectivity index (χ2v) is 10.8. The van der Waals surface area contributed by atoms with Crippen molar-refractivity contribution >= 4 is 21.5 Å². The molecule has 32 heavy (non-hydrogen) atoms. The molecule has 2 nitrogen and oxygen atoms in total. The van der Waals surface area contributed by atoms with E-state index in [4.69, 9.17) is 4.74 Å². The molecule has 162 valence electrons. The lowest BCUT2D eigenvalue weighted by Crippen LogP contribution is -2.32. The van der Waals surface area contributed by atoms with Crippen molar-refractivity contribution in [2.75, 3.05) is 0 Å². The van der Waals surface area contributed by atoms with Gasteiger partial charge in [0.1, 0.15) is 18.5 Å². The number of fused-ring (bicyclic) bond motifs is 3. The van der Waals surface area contributed by atoms with Gasteiger partial charge in [-0.15, -0.1) is 0 Å². The van der Waals surface area contributed by atoms with Crippen LogP contribution in [0.4, 0.5) is 0 Å². The molecule has 0 saturated heterocycles. The van der Waals surface area contributed by atoms with E-state index in [9.17, 15) is 0 Å². The summed E-state index contributed by atoms with van der Waals surface area (Å²) < 4.78 is 9.06. The number of aryl methyl sites for hydroxylation is 3. The van der Waals surface area contributed by atoms with Gasteiger partial charge >= 0.3 is 0 Å². The third kappa shape index (κ3) is 2.81. The van der Waals surface area contributed by atoms with Gasteiger partial charge in [0.05, 0.1) is 10.9 Å². The predicted octanol–water partition coefficient (Wildman–Crippen LogP) is 7.89. The second-order valence-electron chi connectivity index (χ2n) is 10.8. The molecule has 0 atom stereocenters. The van der Waals surface area contributed by atoms with E-state index in [1.54, 1.807) is 0 Å². The van der Waals surface area contributed by atoms with Gasteiger partial charge in [-0.2, -0.15) is 0 Å². The Morgan fingerprint density at radius 3 is 2.34 bits per heavy atom. The minimum atomic E-state index is 0.480. The first kappa shape index (κ1) is 19.8. The molecule has 2 heteroatoms. The number of benzene rings is 3. The lowest BCUT2D eigenvalue weighted by molar-refractivity contribution is -0.659. The molecule has 0 spiro atoms. The topological polar surface area (TPSA) is 13.1 Å². The van der Waals surface area contributed by atoms with Gasteiger partial charge in [-0.3, -0.25) is 0 Å². The number of hydrogen-bond donors (Lipinski definition) is 0. The van der Waals surface area contributed by atoms with Crippen molar-refractivity contribution in [1.29, 1.82) is 0 Å². The van der Waals surface area contributed by atoms with Crippen LogP contribution in [-0.4, -0.2) is 0 Å². The predicted molar refractivity (Wildman–Crippen MR) is 133 cm³/mol. The van der Waals surface area contributed by atoms with Gasteiger partial charge < -0.3 is 4.74 Å². The average Bonchev–Trinajstić information content (AvgIpc) is 2.79. The van der Waals surface area contributed by atoms with E-state index in [0.29, 0.717) is 11.3 Å². The maximum atomic E-state index is 6.78. The Kier molecular flexibility index (Phi) is 4.21. The number of aromatic nitrogens is 1. The minimum Gasteiger partial charge on any atom is -0.455 e. The zero-order valence-electron chi connectivity index (χ0n) is 19.9. The molecule has 0 N–H and O–H groups in total. The molecule has 0 amide bonds. The van der Waals surface area contributed by atoms with Gasteiger partial charge in [0, 0.05) is 11.6 Å². The molecule has 3 aromatic carbocycles. The number of pyridine rings is 1. The lowest BCUT2D eigenvalue weighted by atomic mass is 9.71. The summed E-state index contributed by atoms with van der Waals surface area (Å²) in [4.78, 5) is 0. The number of ether oxygens (including phenoxy) is 1. The molecule has 0 radical (unpaired) electrons. The average molecular weight is 423 g/mol. The second kappa shape index (κ2) is 6.81. The highest BCUT2D eigenvalue weighted by atomic mass is 16.5. The van der Waals surface area contributed by atoms with Crippen molar-refractivity contribution < 1.29 is 9.30 Å². The first-order valence-electron chi connectivity index (χ1n) is 12.0. The SMILES string of the molecule is Cc1c2c(c(C)c3ccccc13)-c1c3c(cc(C4CCC(C)(C)CC4)cc3cc[n+]1C)O2. The Hall–Kier alpha value is -2.87. The summed E-state index contributed by atoms with van der Waals surface area (Å²) in [6.07, 6.45) is 7.35. The van der Waals surface area contributed by atoms with Crippen LogP contribution >= 0.6 is 0 Å². The van der Waals surface area contributed by atoms with E-state index >= 15 is 0 Å². The molecular weight excluding hydrogens is 390 g/mol. The van der Waals surface area contributed by atoms with E-state index in [2.05, 4.69) is 88.0 Å². The van der Waals surface area contributed by atoms with Crippen molar-refractivity contribution in [3.8, 4) is 22.8 Å². The molecule has 2 aliphatic rings. The summed E-state index contributed by atoms with van der Waals surface area (Å²) in [5.41, 5.74) is 6.98. The van der Waals surface area contributed by atoms with Crippen LogP contribution in [-0.2, 0) is 7.05 Å². The minimum absolute atomic E-state index is 0.480. The Morgan fingerprint density at radius 2 is 1.62 bits per heavy atom. The van der Waals surface area contributed by atoms with E-state index in [1.807, 2.05) is 0 Å². The van der Waals surface area contributed by atoms with E-state index in [-0.39, 0.29) is 0 Å². The Labute approximate surface area is 190 Å². The molecule has 4 aromatic rings. The fourth-order valence-corrected chi connectivity index (χ4v) is 6.11. The fourth-order valence-electron chi connectivity index (χ4n) is 6.11. The molecule has 1 saturated carbocycles. The molecule has 6 rings (SSSR count). The normalized spacial score (nSPS) is 17.4. The summed E-state index contributed by atoms with van der Waals surface area (Å²) in [7, 11) is 2.16. The first-order valence-corrected chi connectivity index (χ1v) is 12.0. The molecule has 0 unspecified atom stereocenters. The highest BCUT2D eigenvalue weighted by Crippen LogP contribution is 2.52. The third-order valence-electron chi connectivity index (χ3n) is 8.16. The quantitative estimate of drug-likeness (QED) is 0.250. The zero-order valence-corrected chi connectivity index (χ0v) is 19.9. The van der Waals surface area contributed by atoms with Gasteiger partial charge in [-0.1, -0.05) is 44.2 Å². The first-order chi connectivity index (χ1) is 15.3. The largest absolute Gasteiger partial charge is 0.455 e. The maximum absolute atomic E-state index is 6.78. The molecule has 1 aromatic heterocycles. The number of nitrogens with zero attached hydrogens (tertiary/aromatic N) is 1. The summed E-state index contributed by atoms with van der Waals surface area (Å²) in [5, 5.41) is 5.15. The van der Waals surface area contributed by atoms with Crippen molar-refractivity contribution in [1.82, 2.24) is 0 Å². The maximum Gasteiger partial charge on any atom is 0.228 e. The highest BCUT2D eigenvalue weighted by Gasteiger charge is 2.33. The van der Waals surface area contributed by atoms with E-state index in [0.717, 1.165) is 11.5 Å². The third-order valence-corrected chi connectivity index (χ3v) is 8.16. The van der Waals surface area contributed by atoms with Crippen LogP contribution in [0.25, 0.3) is 32.8 Å². The standard InChI is InChI=1S/C30H32NO/c1-18-23-8-6-7-9-24(23)19(2)29-26(18)28-27-21(12-15-31(28)5)16-22(17-25(27)32-29)20-10-13-30(3,4)14-11-20/h6-9,12,15-17,20H,10-11,13-14H2,1-5H3/q+1. The van der Waals surface area contributed by atoms with Crippen LogP contribution < -0.4 is 9.30 Å². The Bertz CT molecular complexity index is 1400.